The molecule has 0 spiro atoms. The number of hydrogen-bond donors (Lipinski definition) is 1. The molecule has 2 heterocycles. The van der Waals surface area contributed by atoms with Crippen LogP contribution in [0.2, 0.25) is 0 Å². The first-order chi connectivity index (χ1) is 11.1. The largest absolute Gasteiger partial charge is 0.481 e. The molecule has 1 atom stereocenters. The number of aryl methyl sites for hydroxylation is 1. The molecule has 0 bridgehead atoms. The fourth-order valence-corrected chi connectivity index (χ4v) is 3.69. The highest BCUT2D eigenvalue weighted by Crippen LogP contribution is 2.27. The first-order valence-corrected chi connectivity index (χ1v) is 8.63. The number of carbonyl (C=O) groups excluding carboxylic acids is 1. The lowest BCUT2D eigenvalue weighted by atomic mass is 9.93. The van der Waals surface area contributed by atoms with Gasteiger partial charge in [0.2, 0.25) is 0 Å². The zero-order chi connectivity index (χ0) is 16.2. The lowest BCUT2D eigenvalue weighted by Crippen LogP contribution is -2.40. The van der Waals surface area contributed by atoms with E-state index >= 15 is 0 Å². The summed E-state index contributed by atoms with van der Waals surface area (Å²) < 4.78 is 5.41. The van der Waals surface area contributed by atoms with Gasteiger partial charge in [-0.2, -0.15) is 0 Å². The van der Waals surface area contributed by atoms with E-state index in [0.29, 0.717) is 18.7 Å². The molecule has 0 radical (unpaired) electrons. The quantitative estimate of drug-likeness (QED) is 0.862. The number of carboxylic acids is 1. The highest BCUT2D eigenvalue weighted by molar-refractivity contribution is 5.94. The molecule has 0 aromatic carbocycles. The minimum absolute atomic E-state index is 0.0445. The van der Waals surface area contributed by atoms with Crippen LogP contribution in [-0.2, 0) is 17.6 Å². The number of carboxylic acid groups (broad SMARTS) is 1. The van der Waals surface area contributed by atoms with Crippen molar-refractivity contribution in [2.45, 2.75) is 57.8 Å². The van der Waals surface area contributed by atoms with Gasteiger partial charge in [0.15, 0.2) is 5.69 Å². The summed E-state index contributed by atoms with van der Waals surface area (Å²) in [7, 11) is 0. The SMILES string of the molecule is O=C(O)CCC1CCCN(C(=O)c2noc3c2CCCCC3)C1. The highest BCUT2D eigenvalue weighted by atomic mass is 16.5. The van der Waals surface area contributed by atoms with Crippen LogP contribution in [0.25, 0.3) is 0 Å². The van der Waals surface area contributed by atoms with Crippen molar-refractivity contribution in [3.05, 3.63) is 17.0 Å². The fourth-order valence-electron chi connectivity index (χ4n) is 3.69. The number of carbonyl (C=O) groups is 2. The predicted molar refractivity (Wildman–Crippen MR) is 83.3 cm³/mol. The molecule has 1 N–H and O–H groups in total. The van der Waals surface area contributed by atoms with Crippen LogP contribution in [0.5, 0.6) is 0 Å². The Hall–Kier alpha value is -1.85. The third-order valence-corrected chi connectivity index (χ3v) is 4.98. The van der Waals surface area contributed by atoms with Crippen LogP contribution in [0, 0.1) is 5.92 Å². The topological polar surface area (TPSA) is 83.6 Å². The Morgan fingerprint density at radius 2 is 2.04 bits per heavy atom. The number of nitrogens with zero attached hydrogens (tertiary/aromatic N) is 2. The standard InChI is InChI=1S/C17H24N2O4/c20-15(21)9-8-12-5-4-10-19(11-12)17(22)16-13-6-2-1-3-7-14(13)23-18-16/h12H,1-11H2,(H,20,21). The maximum Gasteiger partial charge on any atom is 0.303 e. The first-order valence-electron chi connectivity index (χ1n) is 8.63. The van der Waals surface area contributed by atoms with Crippen molar-refractivity contribution in [2.24, 2.45) is 5.92 Å². The van der Waals surface area contributed by atoms with Crippen molar-refractivity contribution in [1.82, 2.24) is 10.1 Å². The summed E-state index contributed by atoms with van der Waals surface area (Å²) in [4.78, 5) is 25.4. The summed E-state index contributed by atoms with van der Waals surface area (Å²) in [6.07, 6.45) is 7.81. The van der Waals surface area contributed by atoms with E-state index < -0.39 is 5.97 Å². The van der Waals surface area contributed by atoms with Gasteiger partial charge in [0.1, 0.15) is 5.76 Å². The van der Waals surface area contributed by atoms with Crippen molar-refractivity contribution in [1.29, 1.82) is 0 Å². The number of amides is 1. The van der Waals surface area contributed by atoms with Crippen LogP contribution >= 0.6 is 0 Å². The zero-order valence-corrected chi connectivity index (χ0v) is 13.4. The van der Waals surface area contributed by atoms with E-state index in [-0.39, 0.29) is 18.2 Å². The normalized spacial score (nSPS) is 21.6. The van der Waals surface area contributed by atoms with Crippen LogP contribution in [0.15, 0.2) is 4.52 Å². The number of aromatic nitrogens is 1. The third-order valence-electron chi connectivity index (χ3n) is 4.98. The predicted octanol–water partition coefficient (Wildman–Crippen LogP) is 2.66. The highest BCUT2D eigenvalue weighted by Gasteiger charge is 2.30. The summed E-state index contributed by atoms with van der Waals surface area (Å²) in [6.45, 7) is 1.36. The molecular formula is C17H24N2O4. The van der Waals surface area contributed by atoms with Gasteiger partial charge in [0.05, 0.1) is 0 Å². The minimum atomic E-state index is -0.768. The van der Waals surface area contributed by atoms with Gasteiger partial charge in [-0.25, -0.2) is 0 Å². The van der Waals surface area contributed by atoms with E-state index in [1.807, 2.05) is 4.90 Å². The van der Waals surface area contributed by atoms with Crippen molar-refractivity contribution < 1.29 is 19.2 Å². The molecule has 1 fully saturated rings. The van der Waals surface area contributed by atoms with E-state index in [2.05, 4.69) is 5.16 Å². The molecule has 1 saturated heterocycles. The summed E-state index contributed by atoms with van der Waals surface area (Å²) >= 11 is 0. The number of aliphatic carboxylic acids is 1. The molecule has 2 aliphatic rings. The fraction of sp³-hybridized carbons (Fsp3) is 0.706. The van der Waals surface area contributed by atoms with E-state index in [0.717, 1.165) is 56.4 Å². The van der Waals surface area contributed by atoms with Crippen LogP contribution in [0.3, 0.4) is 0 Å². The Bertz CT molecular complexity index is 581. The minimum Gasteiger partial charge on any atom is -0.481 e. The van der Waals surface area contributed by atoms with Gasteiger partial charge in [0.25, 0.3) is 5.91 Å². The molecule has 1 unspecified atom stereocenters. The van der Waals surface area contributed by atoms with Crippen molar-refractivity contribution in [3.63, 3.8) is 0 Å². The van der Waals surface area contributed by atoms with Gasteiger partial charge in [-0.3, -0.25) is 9.59 Å². The van der Waals surface area contributed by atoms with E-state index in [9.17, 15) is 9.59 Å². The third kappa shape index (κ3) is 3.74. The average Bonchev–Trinajstić information content (AvgIpc) is 2.81. The number of hydrogen-bond acceptors (Lipinski definition) is 4. The average molecular weight is 320 g/mol. The Labute approximate surface area is 135 Å². The molecule has 1 aromatic heterocycles. The molecule has 6 heteroatoms. The molecule has 3 rings (SSSR count). The van der Waals surface area contributed by atoms with E-state index in [1.165, 1.54) is 6.42 Å². The molecule has 1 amide bonds. The number of fused-ring (bicyclic) bond motifs is 1. The summed E-state index contributed by atoms with van der Waals surface area (Å²) in [5, 5.41) is 12.9. The maximum atomic E-state index is 12.8. The van der Waals surface area contributed by atoms with Crippen LogP contribution in [-0.4, -0.2) is 40.1 Å². The van der Waals surface area contributed by atoms with Gasteiger partial charge in [0, 0.05) is 31.5 Å². The van der Waals surface area contributed by atoms with Crippen molar-refractivity contribution in [2.75, 3.05) is 13.1 Å². The number of rotatable bonds is 4. The van der Waals surface area contributed by atoms with Gasteiger partial charge < -0.3 is 14.5 Å². The first kappa shape index (κ1) is 16.0. The molecular weight excluding hydrogens is 296 g/mol. The Morgan fingerprint density at radius 1 is 1.22 bits per heavy atom. The molecule has 23 heavy (non-hydrogen) atoms. The number of piperidine rings is 1. The van der Waals surface area contributed by atoms with Crippen molar-refractivity contribution >= 4 is 11.9 Å². The van der Waals surface area contributed by atoms with Crippen molar-refractivity contribution in [3.8, 4) is 0 Å². The Morgan fingerprint density at radius 3 is 2.87 bits per heavy atom. The summed E-state index contributed by atoms with van der Waals surface area (Å²) in [5.41, 5.74) is 1.49. The van der Waals surface area contributed by atoms with Gasteiger partial charge in [-0.15, -0.1) is 0 Å². The number of likely N-dealkylation sites (tertiary alicyclic amines) is 1. The molecule has 0 saturated carbocycles. The van der Waals surface area contributed by atoms with Crippen LogP contribution in [0.1, 0.15) is 66.8 Å². The molecule has 1 aliphatic carbocycles. The second-order valence-electron chi connectivity index (χ2n) is 6.69. The summed E-state index contributed by atoms with van der Waals surface area (Å²) in [6, 6.07) is 0. The van der Waals surface area contributed by atoms with Gasteiger partial charge >= 0.3 is 5.97 Å². The molecule has 1 aliphatic heterocycles. The smallest absolute Gasteiger partial charge is 0.303 e. The van der Waals surface area contributed by atoms with E-state index in [1.54, 1.807) is 0 Å². The second kappa shape index (κ2) is 7.15. The van der Waals surface area contributed by atoms with Gasteiger partial charge in [-0.1, -0.05) is 11.6 Å². The van der Waals surface area contributed by atoms with Crippen LogP contribution < -0.4 is 0 Å². The monoisotopic (exact) mass is 320 g/mol. The Kier molecular flexibility index (Phi) is 4.98. The molecule has 126 valence electrons. The van der Waals surface area contributed by atoms with Crippen LogP contribution in [0.4, 0.5) is 0 Å². The maximum absolute atomic E-state index is 12.8. The lowest BCUT2D eigenvalue weighted by Gasteiger charge is -2.32. The van der Waals surface area contributed by atoms with E-state index in [4.69, 9.17) is 9.63 Å². The lowest BCUT2D eigenvalue weighted by molar-refractivity contribution is -0.137. The zero-order valence-electron chi connectivity index (χ0n) is 13.4. The molecule has 1 aromatic rings. The summed E-state index contributed by atoms with van der Waals surface area (Å²) in [5.74, 6) is 0.340. The van der Waals surface area contributed by atoms with Gasteiger partial charge in [-0.05, 0) is 44.4 Å². The second-order valence-corrected chi connectivity index (χ2v) is 6.69. The molecule has 6 nitrogen and oxygen atoms in total. The Balaban J connectivity index is 1.68.